The molecule has 2 aromatic rings. The highest BCUT2D eigenvalue weighted by atomic mass is 32.2. The monoisotopic (exact) mass is 283 g/mol. The molecule has 0 bridgehead atoms. The number of nitrogens with two attached hydrogens (primary N) is 1. The van der Waals surface area contributed by atoms with Gasteiger partial charge in [0.05, 0.1) is 13.7 Å². The number of benzene rings is 1. The number of halogens is 1. The van der Waals surface area contributed by atoms with Crippen LogP contribution in [0.3, 0.4) is 0 Å². The van der Waals surface area contributed by atoms with Gasteiger partial charge in [0.15, 0.2) is 11.6 Å². The minimum atomic E-state index is -0.352. The standard InChI is InChI=1S/C11H14FN5OS/c1-18-9-4-2-3-8(10(9)12)7-19-11-14-15-16-17(11)6-5-13/h2-4H,5-7,13H2,1H3. The molecule has 0 aliphatic carbocycles. The van der Waals surface area contributed by atoms with E-state index in [0.717, 1.165) is 0 Å². The minimum Gasteiger partial charge on any atom is -0.494 e. The Labute approximate surface area is 114 Å². The van der Waals surface area contributed by atoms with Crippen LogP contribution in [0.1, 0.15) is 5.56 Å². The molecule has 19 heavy (non-hydrogen) atoms. The summed E-state index contributed by atoms with van der Waals surface area (Å²) in [6.07, 6.45) is 0. The Morgan fingerprint density at radius 2 is 2.32 bits per heavy atom. The topological polar surface area (TPSA) is 78.9 Å². The van der Waals surface area contributed by atoms with Gasteiger partial charge in [0.25, 0.3) is 0 Å². The molecule has 0 aliphatic rings. The van der Waals surface area contributed by atoms with E-state index >= 15 is 0 Å². The summed E-state index contributed by atoms with van der Waals surface area (Å²) in [5.74, 6) is 0.309. The summed E-state index contributed by atoms with van der Waals surface area (Å²) in [5.41, 5.74) is 6.00. The predicted molar refractivity (Wildman–Crippen MR) is 69.4 cm³/mol. The molecule has 0 saturated heterocycles. The molecule has 1 aromatic heterocycles. The van der Waals surface area contributed by atoms with Gasteiger partial charge in [0, 0.05) is 17.9 Å². The van der Waals surface area contributed by atoms with Gasteiger partial charge in [-0.15, -0.1) is 5.10 Å². The number of aromatic nitrogens is 4. The van der Waals surface area contributed by atoms with Gasteiger partial charge in [-0.1, -0.05) is 23.9 Å². The second-order valence-electron chi connectivity index (χ2n) is 3.70. The first-order valence-corrected chi connectivity index (χ1v) is 6.65. The van der Waals surface area contributed by atoms with E-state index in [1.165, 1.54) is 18.9 Å². The Morgan fingerprint density at radius 3 is 3.05 bits per heavy atom. The average Bonchev–Trinajstić information content (AvgIpc) is 2.85. The number of tetrazole rings is 1. The molecular formula is C11H14FN5OS. The summed E-state index contributed by atoms with van der Waals surface area (Å²) >= 11 is 1.36. The van der Waals surface area contributed by atoms with E-state index < -0.39 is 0 Å². The van der Waals surface area contributed by atoms with Crippen LogP contribution in [0.2, 0.25) is 0 Å². The van der Waals surface area contributed by atoms with Crippen molar-refractivity contribution in [2.45, 2.75) is 17.5 Å². The van der Waals surface area contributed by atoms with Gasteiger partial charge in [-0.25, -0.2) is 9.07 Å². The van der Waals surface area contributed by atoms with Gasteiger partial charge in [-0.05, 0) is 16.5 Å². The van der Waals surface area contributed by atoms with Gasteiger partial charge >= 0.3 is 0 Å². The number of thioether (sulfide) groups is 1. The smallest absolute Gasteiger partial charge is 0.209 e. The fourth-order valence-corrected chi connectivity index (χ4v) is 2.41. The number of hydrogen-bond acceptors (Lipinski definition) is 6. The van der Waals surface area contributed by atoms with E-state index in [1.807, 2.05) is 0 Å². The van der Waals surface area contributed by atoms with Gasteiger partial charge in [0.2, 0.25) is 5.16 Å². The van der Waals surface area contributed by atoms with E-state index in [-0.39, 0.29) is 11.6 Å². The van der Waals surface area contributed by atoms with Crippen LogP contribution in [-0.4, -0.2) is 33.9 Å². The first-order chi connectivity index (χ1) is 9.26. The molecule has 1 heterocycles. The lowest BCUT2D eigenvalue weighted by atomic mass is 10.2. The van der Waals surface area contributed by atoms with Crippen LogP contribution in [0.5, 0.6) is 5.75 Å². The lowest BCUT2D eigenvalue weighted by Gasteiger charge is -2.07. The molecule has 102 valence electrons. The van der Waals surface area contributed by atoms with Crippen molar-refractivity contribution in [2.75, 3.05) is 13.7 Å². The lowest BCUT2D eigenvalue weighted by Crippen LogP contribution is -2.12. The number of nitrogens with zero attached hydrogens (tertiary/aromatic N) is 4. The van der Waals surface area contributed by atoms with E-state index in [2.05, 4.69) is 15.5 Å². The molecule has 2 N–H and O–H groups in total. The van der Waals surface area contributed by atoms with Gasteiger partial charge in [-0.3, -0.25) is 0 Å². The molecular weight excluding hydrogens is 269 g/mol. The Balaban J connectivity index is 2.08. The SMILES string of the molecule is COc1cccc(CSc2nnnn2CCN)c1F. The van der Waals surface area contributed by atoms with Gasteiger partial charge in [-0.2, -0.15) is 0 Å². The third-order valence-electron chi connectivity index (χ3n) is 2.46. The summed E-state index contributed by atoms with van der Waals surface area (Å²) in [6.45, 7) is 0.988. The van der Waals surface area contributed by atoms with Crippen molar-refractivity contribution >= 4 is 11.8 Å². The third kappa shape index (κ3) is 3.21. The number of methoxy groups -OCH3 is 1. The van der Waals surface area contributed by atoms with Crippen LogP contribution in [-0.2, 0) is 12.3 Å². The Morgan fingerprint density at radius 1 is 1.47 bits per heavy atom. The molecule has 1 aromatic carbocycles. The highest BCUT2D eigenvalue weighted by Gasteiger charge is 2.11. The van der Waals surface area contributed by atoms with Crippen molar-refractivity contribution in [3.63, 3.8) is 0 Å². The van der Waals surface area contributed by atoms with Crippen LogP contribution in [0.15, 0.2) is 23.4 Å². The largest absolute Gasteiger partial charge is 0.494 e. The average molecular weight is 283 g/mol. The summed E-state index contributed by atoms with van der Waals surface area (Å²) in [6, 6.07) is 5.05. The molecule has 2 rings (SSSR count). The van der Waals surface area contributed by atoms with Crippen molar-refractivity contribution in [3.05, 3.63) is 29.6 Å². The van der Waals surface area contributed by atoms with Crippen LogP contribution in [0.4, 0.5) is 4.39 Å². The van der Waals surface area contributed by atoms with Crippen molar-refractivity contribution in [2.24, 2.45) is 5.73 Å². The lowest BCUT2D eigenvalue weighted by molar-refractivity contribution is 0.385. The second kappa shape index (κ2) is 6.48. The van der Waals surface area contributed by atoms with E-state index in [0.29, 0.717) is 29.6 Å². The van der Waals surface area contributed by atoms with Crippen molar-refractivity contribution in [1.82, 2.24) is 20.2 Å². The van der Waals surface area contributed by atoms with E-state index in [9.17, 15) is 4.39 Å². The maximum absolute atomic E-state index is 13.9. The van der Waals surface area contributed by atoms with Crippen LogP contribution in [0.25, 0.3) is 0 Å². The quantitative estimate of drug-likeness (QED) is 0.799. The van der Waals surface area contributed by atoms with E-state index in [1.54, 1.807) is 22.9 Å². The Hall–Kier alpha value is -1.67. The van der Waals surface area contributed by atoms with Gasteiger partial charge < -0.3 is 10.5 Å². The number of hydrogen-bond donors (Lipinski definition) is 1. The highest BCUT2D eigenvalue weighted by Crippen LogP contribution is 2.26. The fraction of sp³-hybridized carbons (Fsp3) is 0.364. The minimum absolute atomic E-state index is 0.236. The second-order valence-corrected chi connectivity index (χ2v) is 4.64. The summed E-state index contributed by atoms with van der Waals surface area (Å²) < 4.78 is 20.5. The molecule has 6 nitrogen and oxygen atoms in total. The fourth-order valence-electron chi connectivity index (χ4n) is 1.53. The molecule has 0 aliphatic heterocycles. The molecule has 0 saturated carbocycles. The predicted octanol–water partition coefficient (Wildman–Crippen LogP) is 1.07. The molecule has 0 atom stereocenters. The summed E-state index contributed by atoms with van der Waals surface area (Å²) in [4.78, 5) is 0. The third-order valence-corrected chi connectivity index (χ3v) is 3.47. The van der Waals surface area contributed by atoms with Gasteiger partial charge in [0.1, 0.15) is 0 Å². The maximum atomic E-state index is 13.9. The Bertz CT molecular complexity index is 548. The summed E-state index contributed by atoms with van der Waals surface area (Å²) in [5, 5.41) is 11.9. The molecule has 0 amide bonds. The number of rotatable bonds is 6. The first-order valence-electron chi connectivity index (χ1n) is 5.66. The van der Waals surface area contributed by atoms with Crippen LogP contribution in [0, 0.1) is 5.82 Å². The molecule has 0 fully saturated rings. The zero-order valence-corrected chi connectivity index (χ0v) is 11.2. The molecule has 0 spiro atoms. The zero-order valence-electron chi connectivity index (χ0n) is 10.4. The maximum Gasteiger partial charge on any atom is 0.209 e. The summed E-state index contributed by atoms with van der Waals surface area (Å²) in [7, 11) is 1.44. The number of ether oxygens (including phenoxy) is 1. The Kier molecular flexibility index (Phi) is 4.69. The zero-order chi connectivity index (χ0) is 13.7. The molecule has 0 radical (unpaired) electrons. The molecule has 8 heteroatoms. The highest BCUT2D eigenvalue weighted by molar-refractivity contribution is 7.98. The van der Waals surface area contributed by atoms with Crippen molar-refractivity contribution in [1.29, 1.82) is 0 Å². The normalized spacial score (nSPS) is 10.7. The van der Waals surface area contributed by atoms with Crippen molar-refractivity contribution in [3.8, 4) is 5.75 Å². The van der Waals surface area contributed by atoms with E-state index in [4.69, 9.17) is 10.5 Å². The van der Waals surface area contributed by atoms with Crippen LogP contribution >= 0.6 is 11.8 Å². The van der Waals surface area contributed by atoms with Crippen LogP contribution < -0.4 is 10.5 Å². The van der Waals surface area contributed by atoms with Crippen molar-refractivity contribution < 1.29 is 9.13 Å². The molecule has 0 unspecified atom stereocenters. The first kappa shape index (κ1) is 13.8.